The molecule has 1 fully saturated rings. The molecule has 0 spiro atoms. The average Bonchev–Trinajstić information content (AvgIpc) is 3.46. The van der Waals surface area contributed by atoms with Crippen molar-refractivity contribution in [1.82, 2.24) is 14.7 Å². The second-order valence-corrected chi connectivity index (χ2v) is 10.9. The van der Waals surface area contributed by atoms with E-state index in [2.05, 4.69) is 13.8 Å². The molecule has 0 unspecified atom stereocenters. The molecule has 0 saturated carbocycles. The maximum Gasteiger partial charge on any atom is 0.266 e. The Labute approximate surface area is 229 Å². The topological polar surface area (TPSA) is 47.4 Å². The van der Waals surface area contributed by atoms with Gasteiger partial charge >= 0.3 is 0 Å². The number of aromatic nitrogens is 2. The number of para-hydroxylation sites is 1. The van der Waals surface area contributed by atoms with Crippen molar-refractivity contribution in [2.45, 2.75) is 58.8 Å². The number of thioether (sulfide) groups is 1. The molecule has 2 heterocycles. The van der Waals surface area contributed by atoms with Crippen LogP contribution in [0, 0.1) is 0 Å². The first-order valence-electron chi connectivity index (χ1n) is 13.2. The first-order chi connectivity index (χ1) is 18.1. The van der Waals surface area contributed by atoms with Crippen molar-refractivity contribution in [2.24, 2.45) is 0 Å². The van der Waals surface area contributed by atoms with Crippen LogP contribution in [0.4, 0.5) is 0 Å². The van der Waals surface area contributed by atoms with Gasteiger partial charge in [0.2, 0.25) is 0 Å². The van der Waals surface area contributed by atoms with E-state index in [4.69, 9.17) is 22.1 Å². The fourth-order valence-electron chi connectivity index (χ4n) is 4.27. The number of carbonyl (C=O) groups excluding carboxylic acids is 1. The van der Waals surface area contributed by atoms with Crippen LogP contribution in [-0.4, -0.2) is 38.1 Å². The molecule has 194 valence electrons. The van der Waals surface area contributed by atoms with Gasteiger partial charge in [-0.1, -0.05) is 100 Å². The van der Waals surface area contributed by atoms with E-state index in [1.807, 2.05) is 71.6 Å². The van der Waals surface area contributed by atoms with Gasteiger partial charge in [0.15, 0.2) is 0 Å². The lowest BCUT2D eigenvalue weighted by Gasteiger charge is -2.14. The minimum Gasteiger partial charge on any atom is -0.494 e. The molecule has 0 atom stereocenters. The summed E-state index contributed by atoms with van der Waals surface area (Å²) in [6.07, 6.45) is 11.9. The molecular weight excluding hydrogens is 498 g/mol. The number of nitrogens with zero attached hydrogens (tertiary/aromatic N) is 3. The van der Waals surface area contributed by atoms with E-state index < -0.39 is 0 Å². The maximum atomic E-state index is 13.3. The van der Waals surface area contributed by atoms with Crippen LogP contribution in [0.25, 0.3) is 23.0 Å². The Morgan fingerprint density at radius 2 is 1.76 bits per heavy atom. The molecule has 2 aromatic carbocycles. The van der Waals surface area contributed by atoms with Crippen molar-refractivity contribution in [1.29, 1.82) is 0 Å². The summed E-state index contributed by atoms with van der Waals surface area (Å²) >= 11 is 6.96. The smallest absolute Gasteiger partial charge is 0.266 e. The van der Waals surface area contributed by atoms with Crippen molar-refractivity contribution in [2.75, 3.05) is 13.2 Å². The first-order valence-corrected chi connectivity index (χ1v) is 14.5. The third-order valence-electron chi connectivity index (χ3n) is 6.24. The zero-order valence-corrected chi connectivity index (χ0v) is 23.3. The molecule has 0 N–H and O–H groups in total. The number of hydrogen-bond acceptors (Lipinski definition) is 5. The Bertz CT molecular complexity index is 1240. The highest BCUT2D eigenvalue weighted by Crippen LogP contribution is 2.35. The van der Waals surface area contributed by atoms with E-state index in [-0.39, 0.29) is 5.91 Å². The molecule has 7 heteroatoms. The number of carbonyl (C=O) groups is 1. The van der Waals surface area contributed by atoms with Gasteiger partial charge in [0, 0.05) is 23.9 Å². The highest BCUT2D eigenvalue weighted by Gasteiger charge is 2.32. The van der Waals surface area contributed by atoms with E-state index >= 15 is 0 Å². The minimum absolute atomic E-state index is 0.0120. The number of amides is 1. The van der Waals surface area contributed by atoms with E-state index in [0.717, 1.165) is 47.5 Å². The predicted molar refractivity (Wildman–Crippen MR) is 158 cm³/mol. The van der Waals surface area contributed by atoms with Crippen molar-refractivity contribution >= 4 is 40.3 Å². The third-order valence-corrected chi connectivity index (χ3v) is 7.62. The number of thiocarbonyl (C=S) groups is 1. The van der Waals surface area contributed by atoms with Crippen LogP contribution < -0.4 is 4.74 Å². The van der Waals surface area contributed by atoms with Crippen LogP contribution in [0.5, 0.6) is 5.75 Å². The number of hydrogen-bond donors (Lipinski definition) is 0. The highest BCUT2D eigenvalue weighted by atomic mass is 32.2. The lowest BCUT2D eigenvalue weighted by molar-refractivity contribution is -0.122. The minimum atomic E-state index is -0.0120. The second kappa shape index (κ2) is 13.6. The molecule has 1 aliphatic heterocycles. The molecule has 0 aliphatic carbocycles. The van der Waals surface area contributed by atoms with Crippen LogP contribution in [-0.2, 0) is 4.79 Å². The zero-order chi connectivity index (χ0) is 26.0. The third kappa shape index (κ3) is 7.11. The number of ether oxygens (including phenoxy) is 1. The Hall–Kier alpha value is -2.90. The zero-order valence-electron chi connectivity index (χ0n) is 21.7. The van der Waals surface area contributed by atoms with E-state index in [1.165, 1.54) is 37.4 Å². The van der Waals surface area contributed by atoms with E-state index in [1.54, 1.807) is 4.90 Å². The molecule has 1 saturated heterocycles. The molecule has 1 aliphatic rings. The van der Waals surface area contributed by atoms with Crippen LogP contribution in [0.1, 0.15) is 64.4 Å². The standard InChI is InChI=1S/C30H35N3O2S2/c1-3-5-6-7-8-12-18-32-29(34)27(37-30(32)36)21-24-22-33(25-15-10-9-11-16-25)31-28(24)23-14-13-17-26(20-23)35-19-4-2/h9-11,13-17,20-22H,3-8,12,18-19H2,1-2H3/b27-21-. The molecule has 3 aromatic rings. The van der Waals surface area contributed by atoms with E-state index in [9.17, 15) is 4.79 Å². The van der Waals surface area contributed by atoms with Gasteiger partial charge in [-0.3, -0.25) is 9.69 Å². The van der Waals surface area contributed by atoms with Crippen LogP contribution in [0.15, 0.2) is 65.7 Å². The van der Waals surface area contributed by atoms with Gasteiger partial charge in [-0.15, -0.1) is 0 Å². The summed E-state index contributed by atoms with van der Waals surface area (Å²) in [5, 5.41) is 4.91. The van der Waals surface area contributed by atoms with Crippen LogP contribution in [0.2, 0.25) is 0 Å². The van der Waals surface area contributed by atoms with Gasteiger partial charge in [0.1, 0.15) is 15.8 Å². The first kappa shape index (κ1) is 27.1. The van der Waals surface area contributed by atoms with Crippen molar-refractivity contribution < 1.29 is 9.53 Å². The van der Waals surface area contributed by atoms with Gasteiger partial charge < -0.3 is 4.74 Å². The molecule has 0 bridgehead atoms. The molecule has 5 nitrogen and oxygen atoms in total. The van der Waals surface area contributed by atoms with Crippen molar-refractivity contribution in [3.63, 3.8) is 0 Å². The summed E-state index contributed by atoms with van der Waals surface area (Å²) in [7, 11) is 0. The SMILES string of the molecule is CCCCCCCCN1C(=O)/C(=C/c2cn(-c3ccccc3)nc2-c2cccc(OCCC)c2)SC1=S. The average molecular weight is 534 g/mol. The Kier molecular flexibility index (Phi) is 9.97. The summed E-state index contributed by atoms with van der Waals surface area (Å²) in [6, 6.07) is 18.0. The monoisotopic (exact) mass is 533 g/mol. The molecule has 37 heavy (non-hydrogen) atoms. The lowest BCUT2D eigenvalue weighted by atomic mass is 10.1. The van der Waals surface area contributed by atoms with Crippen LogP contribution in [0.3, 0.4) is 0 Å². The quantitative estimate of drug-likeness (QED) is 0.127. The Morgan fingerprint density at radius 1 is 0.973 bits per heavy atom. The fourth-order valence-corrected chi connectivity index (χ4v) is 5.57. The number of unbranched alkanes of at least 4 members (excludes halogenated alkanes) is 5. The van der Waals surface area contributed by atoms with Gasteiger partial charge in [-0.25, -0.2) is 4.68 Å². The Balaban J connectivity index is 1.59. The summed E-state index contributed by atoms with van der Waals surface area (Å²) in [4.78, 5) is 15.7. The molecule has 1 aromatic heterocycles. The second-order valence-electron chi connectivity index (χ2n) is 9.19. The van der Waals surface area contributed by atoms with Gasteiger partial charge in [0.25, 0.3) is 5.91 Å². The van der Waals surface area contributed by atoms with Crippen LogP contribution >= 0.6 is 24.0 Å². The number of benzene rings is 2. The fraction of sp³-hybridized carbons (Fsp3) is 0.367. The lowest BCUT2D eigenvalue weighted by Crippen LogP contribution is -2.29. The largest absolute Gasteiger partial charge is 0.494 e. The normalized spacial score (nSPS) is 14.6. The number of rotatable bonds is 13. The van der Waals surface area contributed by atoms with Gasteiger partial charge in [-0.05, 0) is 43.2 Å². The van der Waals surface area contributed by atoms with E-state index in [0.29, 0.717) is 22.4 Å². The van der Waals surface area contributed by atoms with Crippen molar-refractivity contribution in [3.8, 4) is 22.7 Å². The molecular formula is C30H35N3O2S2. The molecule has 4 rings (SSSR count). The highest BCUT2D eigenvalue weighted by molar-refractivity contribution is 8.26. The Morgan fingerprint density at radius 3 is 2.54 bits per heavy atom. The maximum absolute atomic E-state index is 13.3. The van der Waals surface area contributed by atoms with Gasteiger partial charge in [-0.2, -0.15) is 5.10 Å². The summed E-state index contributed by atoms with van der Waals surface area (Å²) in [5.74, 6) is 0.798. The molecule has 1 amide bonds. The van der Waals surface area contributed by atoms with Gasteiger partial charge in [0.05, 0.1) is 17.2 Å². The summed E-state index contributed by atoms with van der Waals surface area (Å²) < 4.78 is 8.36. The summed E-state index contributed by atoms with van der Waals surface area (Å²) in [6.45, 7) is 5.65. The predicted octanol–water partition coefficient (Wildman–Crippen LogP) is 7.89. The molecule has 0 radical (unpaired) electrons. The summed E-state index contributed by atoms with van der Waals surface area (Å²) in [5.41, 5.74) is 3.57. The van der Waals surface area contributed by atoms with Crippen molar-refractivity contribution in [3.05, 3.63) is 71.3 Å².